The second kappa shape index (κ2) is 13.3. The Morgan fingerprint density at radius 2 is 1.62 bits per heavy atom. The van der Waals surface area contributed by atoms with Crippen molar-refractivity contribution in [3.63, 3.8) is 0 Å². The van der Waals surface area contributed by atoms with E-state index >= 15 is 0 Å². The molecule has 0 bridgehead atoms. The molecule has 9 heteroatoms. The average Bonchev–Trinajstić information content (AvgIpc) is 3.67. The van der Waals surface area contributed by atoms with E-state index in [2.05, 4.69) is 21.3 Å². The van der Waals surface area contributed by atoms with Crippen molar-refractivity contribution in [3.8, 4) is 5.75 Å². The largest absolute Gasteiger partial charge is 0.492 e. The van der Waals surface area contributed by atoms with E-state index in [9.17, 15) is 14.4 Å². The van der Waals surface area contributed by atoms with Gasteiger partial charge in [-0.3, -0.25) is 19.7 Å². The van der Waals surface area contributed by atoms with Crippen LogP contribution in [0.25, 0.3) is 6.08 Å². The summed E-state index contributed by atoms with van der Waals surface area (Å²) in [5.74, 6) is -0.403. The molecule has 2 atom stereocenters. The summed E-state index contributed by atoms with van der Waals surface area (Å²) >= 11 is 6.28. The zero-order valence-corrected chi connectivity index (χ0v) is 25.0. The second-order valence-electron chi connectivity index (χ2n) is 11.8. The summed E-state index contributed by atoms with van der Waals surface area (Å²) in [6, 6.07) is 14.2. The van der Waals surface area contributed by atoms with Gasteiger partial charge in [-0.25, -0.2) is 0 Å². The van der Waals surface area contributed by atoms with Crippen LogP contribution in [0.5, 0.6) is 5.75 Å². The number of fused-ring (bicyclic) bond motifs is 1. The van der Waals surface area contributed by atoms with Gasteiger partial charge in [-0.15, -0.1) is 0 Å². The molecule has 224 valence electrons. The summed E-state index contributed by atoms with van der Waals surface area (Å²) in [6.45, 7) is 3.07. The van der Waals surface area contributed by atoms with Crippen LogP contribution in [0, 0.1) is 0 Å². The lowest BCUT2D eigenvalue weighted by Crippen LogP contribution is -2.66. The molecule has 3 amide bonds. The molecule has 0 aromatic heterocycles. The summed E-state index contributed by atoms with van der Waals surface area (Å²) in [4.78, 5) is 41.7. The van der Waals surface area contributed by atoms with Crippen molar-refractivity contribution in [2.24, 2.45) is 0 Å². The number of benzene rings is 2. The molecule has 42 heavy (non-hydrogen) atoms. The fraction of sp³-hybridized carbons (Fsp3) is 0.485. The first-order valence-electron chi connectivity index (χ1n) is 15.1. The van der Waals surface area contributed by atoms with Crippen LogP contribution >= 0.6 is 11.6 Å². The van der Waals surface area contributed by atoms with E-state index in [0.29, 0.717) is 43.9 Å². The van der Waals surface area contributed by atoms with E-state index in [1.807, 2.05) is 61.5 Å². The first-order chi connectivity index (χ1) is 20.3. The van der Waals surface area contributed by atoms with Crippen LogP contribution in [0.2, 0.25) is 5.02 Å². The highest BCUT2D eigenvalue weighted by molar-refractivity contribution is 6.30. The molecule has 2 saturated carbocycles. The number of para-hydroxylation sites is 1. The third-order valence-electron chi connectivity index (χ3n) is 9.01. The molecular weight excluding hydrogens is 552 g/mol. The Bertz CT molecular complexity index is 1320. The van der Waals surface area contributed by atoms with Crippen molar-refractivity contribution < 1.29 is 19.1 Å². The van der Waals surface area contributed by atoms with E-state index in [1.165, 1.54) is 0 Å². The lowest BCUT2D eigenvalue weighted by molar-refractivity contribution is -0.138. The second-order valence-corrected chi connectivity index (χ2v) is 12.2. The van der Waals surface area contributed by atoms with Gasteiger partial charge in [0.05, 0.1) is 5.54 Å². The van der Waals surface area contributed by atoms with Gasteiger partial charge in [-0.05, 0) is 49.4 Å². The summed E-state index contributed by atoms with van der Waals surface area (Å²) in [6.07, 6.45) is 9.78. The Labute approximate surface area is 253 Å². The number of carbonyl (C=O) groups is 3. The number of carbonyl (C=O) groups excluding carboxylic acids is 3. The Hall–Kier alpha value is -3.36. The molecule has 0 radical (unpaired) electrons. The van der Waals surface area contributed by atoms with Crippen LogP contribution in [0.15, 0.2) is 54.6 Å². The van der Waals surface area contributed by atoms with Gasteiger partial charge in [0.1, 0.15) is 23.9 Å². The number of halogens is 1. The third-order valence-corrected chi connectivity index (χ3v) is 9.25. The van der Waals surface area contributed by atoms with Gasteiger partial charge in [-0.2, -0.15) is 0 Å². The number of nitrogens with one attached hydrogen (secondary N) is 4. The molecule has 0 saturated heterocycles. The highest BCUT2D eigenvalue weighted by Crippen LogP contribution is 2.35. The molecule has 1 heterocycles. The molecule has 0 unspecified atom stereocenters. The van der Waals surface area contributed by atoms with Crippen LogP contribution in [0.4, 0.5) is 0 Å². The van der Waals surface area contributed by atoms with E-state index in [1.54, 1.807) is 6.07 Å². The molecule has 2 aliphatic carbocycles. The van der Waals surface area contributed by atoms with Crippen molar-refractivity contribution in [1.82, 2.24) is 21.3 Å². The van der Waals surface area contributed by atoms with Gasteiger partial charge in [0.25, 0.3) is 0 Å². The SMILES string of the molecule is C[C@@H](c1cccc(Cl)c1)[C@@H]1NC(=O)C2(CCCC2)NC(=O)C2(CCCC2)NCCOc2ccccc2/C=C/CNC1=O. The van der Waals surface area contributed by atoms with Gasteiger partial charge in [0.2, 0.25) is 17.7 Å². The van der Waals surface area contributed by atoms with E-state index in [4.69, 9.17) is 16.3 Å². The minimum absolute atomic E-state index is 0.148. The fourth-order valence-electron chi connectivity index (χ4n) is 6.52. The quantitative estimate of drug-likeness (QED) is 0.411. The fourth-order valence-corrected chi connectivity index (χ4v) is 6.72. The van der Waals surface area contributed by atoms with Crippen molar-refractivity contribution in [2.45, 2.75) is 81.3 Å². The lowest BCUT2D eigenvalue weighted by atomic mass is 9.88. The molecule has 2 fully saturated rings. The lowest BCUT2D eigenvalue weighted by Gasteiger charge is -2.37. The third kappa shape index (κ3) is 6.65. The summed E-state index contributed by atoms with van der Waals surface area (Å²) in [5, 5.41) is 13.3. The van der Waals surface area contributed by atoms with E-state index in [0.717, 1.165) is 42.6 Å². The normalized spacial score (nSPS) is 24.4. The maximum Gasteiger partial charge on any atom is 0.246 e. The van der Waals surface area contributed by atoms with E-state index < -0.39 is 17.1 Å². The Morgan fingerprint density at radius 1 is 0.905 bits per heavy atom. The van der Waals surface area contributed by atoms with Crippen LogP contribution < -0.4 is 26.0 Å². The van der Waals surface area contributed by atoms with Crippen LogP contribution in [0.3, 0.4) is 0 Å². The molecule has 4 N–H and O–H groups in total. The molecule has 2 aromatic carbocycles. The maximum atomic E-state index is 14.1. The topological polar surface area (TPSA) is 109 Å². The molecule has 5 rings (SSSR count). The Balaban J connectivity index is 1.47. The van der Waals surface area contributed by atoms with E-state index in [-0.39, 0.29) is 30.2 Å². The molecule has 2 aromatic rings. The van der Waals surface area contributed by atoms with Gasteiger partial charge < -0.3 is 20.7 Å². The summed E-state index contributed by atoms with van der Waals surface area (Å²) in [5.41, 5.74) is -0.0942. The van der Waals surface area contributed by atoms with Crippen molar-refractivity contribution in [2.75, 3.05) is 19.7 Å². The monoisotopic (exact) mass is 592 g/mol. The first-order valence-corrected chi connectivity index (χ1v) is 15.5. The standard InChI is InChI=1S/C33H41ClN4O4/c1-23(25-11-8-13-26(34)22-25)28-29(39)35-19-9-12-24-10-2-3-14-27(24)42-21-20-36-32(15-4-5-16-32)31(41)38-33(30(40)37-28)17-6-7-18-33/h2-3,8-14,22-23,28,36H,4-7,15-21H2,1H3,(H,35,39)(H,37,40)(H,38,41)/b12-9+/t23-,28-/m0/s1. The predicted molar refractivity (Wildman–Crippen MR) is 164 cm³/mol. The minimum Gasteiger partial charge on any atom is -0.492 e. The van der Waals surface area contributed by atoms with Crippen LogP contribution in [0.1, 0.15) is 75.3 Å². The van der Waals surface area contributed by atoms with Gasteiger partial charge >= 0.3 is 0 Å². The minimum atomic E-state index is -1.07. The predicted octanol–water partition coefficient (Wildman–Crippen LogP) is 4.48. The average molecular weight is 593 g/mol. The Morgan fingerprint density at radius 3 is 2.36 bits per heavy atom. The molecule has 1 aliphatic heterocycles. The molecular formula is C33H41ClN4O4. The molecule has 8 nitrogen and oxygen atoms in total. The van der Waals surface area contributed by atoms with Gasteiger partial charge in [0.15, 0.2) is 0 Å². The van der Waals surface area contributed by atoms with Crippen LogP contribution in [-0.4, -0.2) is 54.5 Å². The summed E-state index contributed by atoms with van der Waals surface area (Å²) in [7, 11) is 0. The van der Waals surface area contributed by atoms with Gasteiger partial charge in [-0.1, -0.05) is 86.7 Å². The smallest absolute Gasteiger partial charge is 0.246 e. The highest BCUT2D eigenvalue weighted by Gasteiger charge is 2.49. The number of rotatable bonds is 2. The number of hydrogen-bond donors (Lipinski definition) is 4. The highest BCUT2D eigenvalue weighted by atomic mass is 35.5. The number of amides is 3. The Kier molecular flexibility index (Phi) is 9.53. The molecule has 3 aliphatic rings. The molecule has 2 spiro atoms. The van der Waals surface area contributed by atoms with Crippen molar-refractivity contribution in [3.05, 3.63) is 70.8 Å². The number of hydrogen-bond acceptors (Lipinski definition) is 5. The van der Waals surface area contributed by atoms with Crippen molar-refractivity contribution >= 4 is 35.4 Å². The zero-order valence-electron chi connectivity index (χ0n) is 24.2. The van der Waals surface area contributed by atoms with Crippen LogP contribution in [-0.2, 0) is 14.4 Å². The maximum absolute atomic E-state index is 14.1. The first kappa shape index (κ1) is 30.1. The summed E-state index contributed by atoms with van der Waals surface area (Å²) < 4.78 is 6.10. The van der Waals surface area contributed by atoms with Crippen molar-refractivity contribution in [1.29, 1.82) is 0 Å². The van der Waals surface area contributed by atoms with Gasteiger partial charge in [0, 0.05) is 29.6 Å². The number of ether oxygens (including phenoxy) is 1. The zero-order chi connectivity index (χ0) is 29.6.